The minimum Gasteiger partial charge on any atom is -0.790 e. The molecule has 16 atom stereocenters. The molecule has 0 saturated heterocycles. The lowest BCUT2D eigenvalue weighted by Crippen LogP contribution is -2.47. The van der Waals surface area contributed by atoms with Crippen molar-refractivity contribution in [3.05, 3.63) is 121 Å². The first-order valence-electron chi connectivity index (χ1n) is 24.2. The lowest BCUT2D eigenvalue weighted by molar-refractivity contribution is -0.342. The van der Waals surface area contributed by atoms with Crippen molar-refractivity contribution >= 4 is 81.3 Å². The normalized spacial score (nSPS) is 25.2. The topological polar surface area (TPSA) is 614 Å². The number of aromatic amines is 3. The highest BCUT2D eigenvalue weighted by Crippen LogP contribution is 2.63. The molecular formula is C43H66Cl2F8N9O30P7-8. The van der Waals surface area contributed by atoms with Crippen LogP contribution < -0.4 is 84.3 Å². The van der Waals surface area contributed by atoms with Crippen molar-refractivity contribution in [2.24, 2.45) is 23.7 Å². The molecule has 8 rings (SSSR count). The van der Waals surface area contributed by atoms with E-state index in [0.717, 1.165) is 9.13 Å². The van der Waals surface area contributed by atoms with Crippen molar-refractivity contribution < 1.29 is 142 Å². The van der Waals surface area contributed by atoms with Crippen LogP contribution in [-0.4, -0.2) is 94.4 Å². The predicted molar refractivity (Wildman–Crippen MR) is 316 cm³/mol. The zero-order chi connectivity index (χ0) is 69.9. The zero-order valence-corrected chi connectivity index (χ0v) is 52.2. The van der Waals surface area contributed by atoms with Crippen LogP contribution in [0.5, 0.6) is 0 Å². The molecule has 4 aliphatic carbocycles. The number of anilines is 1. The monoisotopic (exact) mass is 1630 g/mol. The quantitative estimate of drug-likeness (QED) is 0.0546. The Bertz CT molecular complexity index is 4180. The number of nitrogens with zero attached hydrogens (tertiary/aromatic N) is 5. The third kappa shape index (κ3) is 28.0. The maximum atomic E-state index is 14.2. The smallest absolute Gasteiger partial charge is 0.380 e. The summed E-state index contributed by atoms with van der Waals surface area (Å²) in [5.41, 5.74) is -2.40. The molecule has 4 saturated carbocycles. The van der Waals surface area contributed by atoms with E-state index in [2.05, 4.69) is 35.8 Å². The van der Waals surface area contributed by atoms with Crippen molar-refractivity contribution in [1.29, 1.82) is 0 Å². The first-order valence-corrected chi connectivity index (χ1v) is 36.4. The zero-order valence-electron chi connectivity index (χ0n) is 44.4. The molecule has 4 unspecified atom stereocenters. The van der Waals surface area contributed by atoms with Crippen molar-refractivity contribution in [2.75, 3.05) is 32.2 Å². The minimum absolute atomic E-state index is 0. The second-order valence-corrected chi connectivity index (χ2v) is 31.9. The maximum Gasteiger partial charge on any atom is 0.380 e. The summed E-state index contributed by atoms with van der Waals surface area (Å²) in [4.78, 5) is 172. The molecule has 0 aliphatic heterocycles. The van der Waals surface area contributed by atoms with E-state index in [0.29, 0.717) is 33.9 Å². The van der Waals surface area contributed by atoms with Gasteiger partial charge in [-0.2, -0.15) is 18.2 Å². The first kappa shape index (κ1) is 98.9. The largest absolute Gasteiger partial charge is 0.790 e. The standard InChI is InChI=1S/C9H9Cl2F2N2O4P.C9H14F2N3O11P3.C9H13F2N2O12P3.C9H10F2N2O3.7CH4/c10-20(11,18)19-3-4-1-6(7(4)13)15-2-5(12)8(16)14-9(15)17;10-5-2-14(9(15)13-8(5)12)6-1-4(7(6)11)3-23-27(19,20)25-28(21,22)24-26(16,17)18;10-5-2-13(9(15)12-8(5)14)6-1-4(7(6)11)3-23-27(19,20)25-28(21,22)24-26(16,17)18;10-5-2-13(9(16)12-8(5)15)6-1-4(3-14)7(6)11;;;;;;;/h2,4,6-7H,1,3H2,(H,14,16,17);2,4,6-7H,1,3H2,(H,19,20)(H,21,22)(H2,12,13,15)(H2,16,17,18);2,4,6-7H,1,3H2,(H,19,20)(H,21,22)(H,12,14,15)(H2,16,17,18);2,4,6-7,14H,1,3H2,(H,12,15,16);7*1H4/p-8/t4*4-,6-,7-;;;;;;;/m0000......./s1. The highest BCUT2D eigenvalue weighted by atomic mass is 35.9. The number of aliphatic hydroxyl groups is 1. The fourth-order valence-electron chi connectivity index (χ4n) is 8.42. The Morgan fingerprint density at radius 1 is 0.455 bits per heavy atom. The number of rotatable bonds is 22. The number of phosphoric acid groups is 6. The van der Waals surface area contributed by atoms with Crippen LogP contribution in [-0.2, 0) is 62.8 Å². The van der Waals surface area contributed by atoms with Crippen LogP contribution >= 0.6 is 75.5 Å². The lowest BCUT2D eigenvalue weighted by Gasteiger charge is -2.41. The van der Waals surface area contributed by atoms with Crippen molar-refractivity contribution in [3.63, 3.8) is 0 Å². The fraction of sp³-hybridized carbons (Fsp3) is 0.628. The molecule has 6 N–H and O–H groups in total. The molecule has 0 bridgehead atoms. The van der Waals surface area contributed by atoms with E-state index in [1.54, 1.807) is 15.0 Å². The molecule has 0 spiro atoms. The van der Waals surface area contributed by atoms with Crippen molar-refractivity contribution in [3.8, 4) is 0 Å². The Kier molecular flexibility index (Phi) is 38.4. The molecule has 0 radical (unpaired) electrons. The number of phosphoric ester groups is 2. The number of aromatic nitrogens is 8. The number of halogens is 10. The number of nitrogen functional groups attached to an aromatic ring is 1. The molecule has 39 nitrogen and oxygen atoms in total. The van der Waals surface area contributed by atoms with E-state index in [9.17, 15) is 140 Å². The third-order valence-corrected chi connectivity index (χ3v) is 21.3. The average molecular weight is 1630 g/mol. The molecular weight excluding hydrogens is 1560 g/mol. The maximum absolute atomic E-state index is 14.2. The van der Waals surface area contributed by atoms with Gasteiger partial charge in [-0.1, -0.05) is 52.0 Å². The van der Waals surface area contributed by atoms with E-state index >= 15 is 0 Å². The Labute approximate surface area is 563 Å². The van der Waals surface area contributed by atoms with Gasteiger partial charge in [0.05, 0.1) is 78.2 Å². The number of alkyl halides is 4. The highest BCUT2D eigenvalue weighted by Gasteiger charge is 2.47. The molecule has 56 heteroatoms. The van der Waals surface area contributed by atoms with Crippen LogP contribution in [0.1, 0.15) is 102 Å². The summed E-state index contributed by atoms with van der Waals surface area (Å²) in [5, 5.41) is 8.73. The third-order valence-electron chi connectivity index (χ3n) is 13.0. The van der Waals surface area contributed by atoms with Crippen LogP contribution in [0.25, 0.3) is 0 Å². The Hall–Kier alpha value is -4.29. The number of hydrogen-bond acceptors (Lipinski definition) is 32. The molecule has 4 aliphatic rings. The fourth-order valence-corrected chi connectivity index (χ4v) is 14.9. The van der Waals surface area contributed by atoms with E-state index in [4.69, 9.17) is 33.3 Å². The predicted octanol–water partition coefficient (Wildman–Crippen LogP) is 1.27. The van der Waals surface area contributed by atoms with Gasteiger partial charge in [0.1, 0.15) is 24.7 Å². The molecule has 4 fully saturated rings. The van der Waals surface area contributed by atoms with Crippen molar-refractivity contribution in [1.82, 2.24) is 38.2 Å². The van der Waals surface area contributed by atoms with Gasteiger partial charge in [0.2, 0.25) is 17.5 Å². The van der Waals surface area contributed by atoms with Gasteiger partial charge in [0, 0.05) is 36.5 Å². The molecule has 4 aromatic rings. The van der Waals surface area contributed by atoms with Gasteiger partial charge in [-0.25, -0.2) is 49.8 Å². The molecule has 576 valence electrons. The molecule has 4 heterocycles. The van der Waals surface area contributed by atoms with E-state index in [-0.39, 0.29) is 90.9 Å². The highest BCUT2D eigenvalue weighted by molar-refractivity contribution is 8.05. The van der Waals surface area contributed by atoms with Gasteiger partial charge < -0.3 is 72.7 Å². The average Bonchev–Trinajstić information content (AvgIpc) is 0.797. The molecule has 99 heavy (non-hydrogen) atoms. The van der Waals surface area contributed by atoms with Crippen LogP contribution in [0.3, 0.4) is 0 Å². The number of nitrogens with one attached hydrogen (secondary N) is 3. The lowest BCUT2D eigenvalue weighted by atomic mass is 9.78. The van der Waals surface area contributed by atoms with E-state index < -0.39 is 207 Å². The second kappa shape index (κ2) is 38.5. The number of aliphatic hydroxyl groups excluding tert-OH is 1. The first-order chi connectivity index (χ1) is 41.9. The van der Waals surface area contributed by atoms with E-state index in [1.807, 2.05) is 0 Å². The van der Waals surface area contributed by atoms with Gasteiger partial charge >= 0.3 is 28.8 Å². The summed E-state index contributed by atoms with van der Waals surface area (Å²) in [6, 6.07) is -4.21. The van der Waals surface area contributed by atoms with Crippen LogP contribution in [0.4, 0.5) is 40.9 Å². The van der Waals surface area contributed by atoms with Gasteiger partial charge in [-0.3, -0.25) is 79.1 Å². The summed E-state index contributed by atoms with van der Waals surface area (Å²) >= 11 is 10.3. The number of H-pyrrole nitrogens is 3. The Balaban J connectivity index is -0.00000124. The summed E-state index contributed by atoms with van der Waals surface area (Å²) in [5.74, 6) is -9.00. The second-order valence-electron chi connectivity index (χ2n) is 19.1. The van der Waals surface area contributed by atoms with Gasteiger partial charge in [0.25, 0.3) is 48.0 Å². The van der Waals surface area contributed by atoms with Crippen molar-refractivity contribution in [2.45, 2.75) is 127 Å². The van der Waals surface area contributed by atoms with Crippen LogP contribution in [0.15, 0.2) is 58.3 Å². The van der Waals surface area contributed by atoms with E-state index in [1.165, 1.54) is 0 Å². The summed E-state index contributed by atoms with van der Waals surface area (Å²) < 4.78 is 212. The summed E-state index contributed by atoms with van der Waals surface area (Å²) in [6.07, 6.45) is -8.20. The molecule has 0 aromatic carbocycles. The van der Waals surface area contributed by atoms with Gasteiger partial charge in [0.15, 0.2) is 11.6 Å². The van der Waals surface area contributed by atoms with Gasteiger partial charge in [-0.05, 0) is 48.2 Å². The SMILES string of the molecule is C.C.C.C.C.C.C.Nc1nc(=O)n([C@H]2C[C@@H](COP(=O)([O-])OP(=O)([O-])OP(=O)([O-])[O-])[C@@H]2F)cc1F.O=c1[nH]c(=O)n([C@H]2C[C@@H](CO)[C@@H]2F)cc1F.O=c1[nH]c(=O)n([C@H]2C[C@@H](COP(=O)(Cl)Cl)[C@@H]2F)cc1F.O=c1[nH]c(=O)n([C@H]2C[C@@H](COP(=O)([O-])OP(=O)([O-])OP(=O)([O-])[O-])[C@@H]2F)cc1F. The van der Waals surface area contributed by atoms with Crippen LogP contribution in [0, 0.1) is 46.9 Å². The number of nitrogens with two attached hydrogens (primary N) is 1. The summed E-state index contributed by atoms with van der Waals surface area (Å²) in [7, 11) is -36.0. The molecule has 0 amide bonds. The summed E-state index contributed by atoms with van der Waals surface area (Å²) in [6.45, 7) is -2.54. The Morgan fingerprint density at radius 2 is 0.717 bits per heavy atom. The van der Waals surface area contributed by atoms with Crippen LogP contribution in [0.2, 0.25) is 0 Å². The number of hydrogen-bond donors (Lipinski definition) is 5. The van der Waals surface area contributed by atoms with Gasteiger partial charge in [-0.15, -0.1) is 0 Å². The Morgan fingerprint density at radius 3 is 0.980 bits per heavy atom. The minimum atomic E-state index is -6.13. The molecule has 4 aromatic heterocycles.